The Balaban J connectivity index is 2.33. The highest BCUT2D eigenvalue weighted by molar-refractivity contribution is 9.11. The Bertz CT molecular complexity index is 665. The fourth-order valence-electron chi connectivity index (χ4n) is 1.86. The zero-order valence-corrected chi connectivity index (χ0v) is 14.5. The zero-order chi connectivity index (χ0) is 14.8. The van der Waals surface area contributed by atoms with Gasteiger partial charge in [-0.2, -0.15) is 4.31 Å². The van der Waals surface area contributed by atoms with E-state index < -0.39 is 10.0 Å². The summed E-state index contributed by atoms with van der Waals surface area (Å²) in [6.45, 7) is 4.17. The minimum Gasteiger partial charge on any atom is -0.206 e. The Morgan fingerprint density at radius 3 is 2.30 bits per heavy atom. The predicted octanol–water partition coefficient (Wildman–Crippen LogP) is 4.11. The lowest BCUT2D eigenvalue weighted by Crippen LogP contribution is -2.35. The maximum absolute atomic E-state index is 12.7. The maximum atomic E-state index is 12.7. The Hall–Kier alpha value is -0.690. The maximum Gasteiger partial charge on any atom is 0.253 e. The highest BCUT2D eigenvalue weighted by Crippen LogP contribution is 2.30. The van der Waals surface area contributed by atoms with Gasteiger partial charge in [-0.25, -0.2) is 8.42 Å². The number of rotatable bonds is 5. The second-order valence-corrected chi connectivity index (χ2v) is 9.27. The summed E-state index contributed by atoms with van der Waals surface area (Å²) in [5.41, 5.74) is 0.986. The van der Waals surface area contributed by atoms with Crippen LogP contribution < -0.4 is 0 Å². The van der Waals surface area contributed by atoms with Crippen LogP contribution in [0.5, 0.6) is 0 Å². The van der Waals surface area contributed by atoms with Gasteiger partial charge in [0.05, 0.1) is 3.79 Å². The molecule has 1 aromatic heterocycles. The van der Waals surface area contributed by atoms with Gasteiger partial charge in [0.2, 0.25) is 0 Å². The van der Waals surface area contributed by atoms with E-state index in [-0.39, 0.29) is 6.04 Å². The Morgan fingerprint density at radius 1 is 1.15 bits per heavy atom. The molecule has 0 amide bonds. The highest BCUT2D eigenvalue weighted by Gasteiger charge is 2.28. The average molecular weight is 374 g/mol. The van der Waals surface area contributed by atoms with Crippen LogP contribution in [0.1, 0.15) is 19.4 Å². The summed E-state index contributed by atoms with van der Waals surface area (Å²) in [5.74, 6) is 0. The van der Waals surface area contributed by atoms with Crippen molar-refractivity contribution in [3.63, 3.8) is 0 Å². The molecule has 1 heterocycles. The van der Waals surface area contributed by atoms with Crippen LogP contribution in [0, 0.1) is 0 Å². The van der Waals surface area contributed by atoms with Gasteiger partial charge in [-0.1, -0.05) is 30.3 Å². The summed E-state index contributed by atoms with van der Waals surface area (Å²) in [5, 5.41) is 0. The number of sulfonamides is 1. The fourth-order valence-corrected chi connectivity index (χ4v) is 5.62. The second kappa shape index (κ2) is 6.39. The molecule has 0 N–H and O–H groups in total. The Labute approximate surface area is 132 Å². The summed E-state index contributed by atoms with van der Waals surface area (Å²) in [6, 6.07) is 13.0. The van der Waals surface area contributed by atoms with Gasteiger partial charge in [0.1, 0.15) is 4.21 Å². The molecule has 0 aliphatic rings. The van der Waals surface area contributed by atoms with Crippen LogP contribution in [0.2, 0.25) is 0 Å². The zero-order valence-electron chi connectivity index (χ0n) is 11.3. The molecule has 6 heteroatoms. The van der Waals surface area contributed by atoms with Crippen LogP contribution in [0.4, 0.5) is 0 Å². The molecular formula is C14H16BrNO2S2. The number of hydrogen-bond donors (Lipinski definition) is 0. The van der Waals surface area contributed by atoms with Crippen LogP contribution in [0.3, 0.4) is 0 Å². The molecule has 3 nitrogen and oxygen atoms in total. The first kappa shape index (κ1) is 15.7. The first-order chi connectivity index (χ1) is 9.41. The van der Waals surface area contributed by atoms with Crippen LogP contribution in [-0.2, 0) is 16.6 Å². The summed E-state index contributed by atoms with van der Waals surface area (Å²) in [6.07, 6.45) is 0. The van der Waals surface area contributed by atoms with Crippen LogP contribution in [0.15, 0.2) is 50.5 Å². The van der Waals surface area contributed by atoms with Gasteiger partial charge in [-0.3, -0.25) is 0 Å². The normalized spacial score (nSPS) is 12.2. The minimum atomic E-state index is -3.46. The van der Waals surface area contributed by atoms with Crippen molar-refractivity contribution in [1.29, 1.82) is 0 Å². The molecule has 0 spiro atoms. The van der Waals surface area contributed by atoms with E-state index >= 15 is 0 Å². The molecule has 108 valence electrons. The number of thiophene rings is 1. The van der Waals surface area contributed by atoms with Crippen LogP contribution in [-0.4, -0.2) is 18.8 Å². The van der Waals surface area contributed by atoms with Gasteiger partial charge in [-0.05, 0) is 47.5 Å². The first-order valence-corrected chi connectivity index (χ1v) is 9.27. The third kappa shape index (κ3) is 3.49. The van der Waals surface area contributed by atoms with Gasteiger partial charge < -0.3 is 0 Å². The topological polar surface area (TPSA) is 37.4 Å². The molecule has 0 fully saturated rings. The molecule has 0 saturated heterocycles. The van der Waals surface area contributed by atoms with E-state index in [1.165, 1.54) is 15.6 Å². The van der Waals surface area contributed by atoms with E-state index in [9.17, 15) is 8.42 Å². The molecule has 0 saturated carbocycles. The molecule has 2 rings (SSSR count). The summed E-state index contributed by atoms with van der Waals surface area (Å²) < 4.78 is 28.1. The van der Waals surface area contributed by atoms with Gasteiger partial charge in [0.25, 0.3) is 10.0 Å². The summed E-state index contributed by atoms with van der Waals surface area (Å²) in [4.78, 5) is 0. The molecule has 20 heavy (non-hydrogen) atoms. The van der Waals surface area contributed by atoms with E-state index in [1.807, 2.05) is 44.2 Å². The molecule has 0 aliphatic heterocycles. The largest absolute Gasteiger partial charge is 0.253 e. The van der Waals surface area contributed by atoms with Crippen molar-refractivity contribution in [2.45, 2.75) is 30.6 Å². The van der Waals surface area contributed by atoms with E-state index in [1.54, 1.807) is 12.1 Å². The van der Waals surface area contributed by atoms with Crippen molar-refractivity contribution >= 4 is 37.3 Å². The fraction of sp³-hybridized carbons (Fsp3) is 0.286. The number of benzene rings is 1. The number of nitrogens with zero attached hydrogens (tertiary/aromatic N) is 1. The van der Waals surface area contributed by atoms with Crippen LogP contribution in [0.25, 0.3) is 0 Å². The molecule has 0 unspecified atom stereocenters. The molecule has 0 aliphatic carbocycles. The quantitative estimate of drug-likeness (QED) is 0.790. The van der Waals surface area contributed by atoms with Crippen molar-refractivity contribution in [2.75, 3.05) is 0 Å². The van der Waals surface area contributed by atoms with E-state index in [0.29, 0.717) is 10.8 Å². The molecule has 0 bridgehead atoms. The van der Waals surface area contributed by atoms with E-state index in [4.69, 9.17) is 0 Å². The average Bonchev–Trinajstić information content (AvgIpc) is 2.84. The van der Waals surface area contributed by atoms with Crippen molar-refractivity contribution in [1.82, 2.24) is 4.31 Å². The SMILES string of the molecule is CC(C)N(Cc1ccccc1)S(=O)(=O)c1ccc(Br)s1. The monoisotopic (exact) mass is 373 g/mol. The third-order valence-electron chi connectivity index (χ3n) is 2.87. The lowest BCUT2D eigenvalue weighted by atomic mass is 10.2. The Kier molecular flexibility index (Phi) is 5.01. The van der Waals surface area contributed by atoms with E-state index in [2.05, 4.69) is 15.9 Å². The van der Waals surface area contributed by atoms with Crippen molar-refractivity contribution in [2.24, 2.45) is 0 Å². The van der Waals surface area contributed by atoms with Gasteiger partial charge >= 0.3 is 0 Å². The van der Waals surface area contributed by atoms with Crippen LogP contribution >= 0.6 is 27.3 Å². The lowest BCUT2D eigenvalue weighted by molar-refractivity contribution is 0.349. The summed E-state index contributed by atoms with van der Waals surface area (Å²) in [7, 11) is -3.46. The van der Waals surface area contributed by atoms with Crippen molar-refractivity contribution < 1.29 is 8.42 Å². The molecule has 2 aromatic rings. The molecular weight excluding hydrogens is 358 g/mol. The second-order valence-electron chi connectivity index (χ2n) is 4.69. The number of hydrogen-bond acceptors (Lipinski definition) is 3. The number of halogens is 1. The first-order valence-electron chi connectivity index (χ1n) is 6.22. The summed E-state index contributed by atoms with van der Waals surface area (Å²) >= 11 is 4.55. The third-order valence-corrected chi connectivity index (χ3v) is 6.98. The van der Waals surface area contributed by atoms with Gasteiger partial charge in [0, 0.05) is 12.6 Å². The highest BCUT2D eigenvalue weighted by atomic mass is 79.9. The standard InChI is InChI=1S/C14H16BrNO2S2/c1-11(2)16(10-12-6-4-3-5-7-12)20(17,18)14-9-8-13(15)19-14/h3-9,11H,10H2,1-2H3. The molecule has 1 aromatic carbocycles. The van der Waals surface area contributed by atoms with Crippen molar-refractivity contribution in [3.8, 4) is 0 Å². The van der Waals surface area contributed by atoms with E-state index in [0.717, 1.165) is 9.35 Å². The minimum absolute atomic E-state index is 0.0962. The predicted molar refractivity (Wildman–Crippen MR) is 86.3 cm³/mol. The molecule has 0 radical (unpaired) electrons. The Morgan fingerprint density at radius 2 is 1.80 bits per heavy atom. The molecule has 0 atom stereocenters. The van der Waals surface area contributed by atoms with Gasteiger partial charge in [0.15, 0.2) is 0 Å². The van der Waals surface area contributed by atoms with Crippen molar-refractivity contribution in [3.05, 3.63) is 51.8 Å². The lowest BCUT2D eigenvalue weighted by Gasteiger charge is -2.25. The smallest absolute Gasteiger partial charge is 0.206 e. The van der Waals surface area contributed by atoms with Gasteiger partial charge in [-0.15, -0.1) is 11.3 Å².